The molecule has 4 atom stereocenters. The Bertz CT molecular complexity index is 432. The van der Waals surface area contributed by atoms with E-state index in [0.29, 0.717) is 18.3 Å². The van der Waals surface area contributed by atoms with Crippen LogP contribution in [0.15, 0.2) is 11.6 Å². The molecule has 2 aliphatic rings. The van der Waals surface area contributed by atoms with Crippen molar-refractivity contribution in [1.29, 1.82) is 0 Å². The molecule has 0 unspecified atom stereocenters. The zero-order chi connectivity index (χ0) is 15.8. The number of fused-ring (bicyclic) bond motifs is 1. The predicted molar refractivity (Wildman–Crippen MR) is 83.9 cm³/mol. The number of rotatable bonds is 5. The van der Waals surface area contributed by atoms with E-state index in [1.54, 1.807) is 13.8 Å². The number of Topliss-reactive ketones (excluding diaryl/α,β-unsaturated/α-hetero) is 1. The highest BCUT2D eigenvalue weighted by Gasteiger charge is 2.47. The molecule has 120 valence electrons. The molecule has 0 bridgehead atoms. The number of hydrogen-bond acceptors (Lipinski definition) is 3. The first-order valence-electron chi connectivity index (χ1n) is 8.30. The molecule has 0 radical (unpaired) electrons. The average Bonchev–Trinajstić information content (AvgIpc) is 2.73. The summed E-state index contributed by atoms with van der Waals surface area (Å²) in [5.41, 5.74) is 0.307. The van der Waals surface area contributed by atoms with E-state index in [2.05, 4.69) is 19.9 Å². The molecule has 0 aliphatic heterocycles. The van der Waals surface area contributed by atoms with Gasteiger partial charge in [0.1, 0.15) is 5.60 Å². The van der Waals surface area contributed by atoms with Gasteiger partial charge in [0.2, 0.25) is 0 Å². The van der Waals surface area contributed by atoms with Crippen LogP contribution in [0.1, 0.15) is 66.2 Å². The highest BCUT2D eigenvalue weighted by molar-refractivity contribution is 5.86. The van der Waals surface area contributed by atoms with Gasteiger partial charge in [-0.15, -0.1) is 0 Å². The van der Waals surface area contributed by atoms with E-state index in [4.69, 9.17) is 0 Å². The molecule has 0 spiro atoms. The van der Waals surface area contributed by atoms with E-state index in [9.17, 15) is 15.0 Å². The first-order valence-corrected chi connectivity index (χ1v) is 8.30. The zero-order valence-corrected chi connectivity index (χ0v) is 13.9. The van der Waals surface area contributed by atoms with Gasteiger partial charge in [-0.25, -0.2) is 0 Å². The van der Waals surface area contributed by atoms with Gasteiger partial charge in [0, 0.05) is 6.42 Å². The molecule has 0 aromatic rings. The topological polar surface area (TPSA) is 57.5 Å². The van der Waals surface area contributed by atoms with E-state index < -0.39 is 5.60 Å². The van der Waals surface area contributed by atoms with Crippen LogP contribution in [-0.4, -0.2) is 27.7 Å². The molecule has 2 N–H and O–H groups in total. The molecule has 2 rings (SSSR count). The highest BCUT2D eigenvalue weighted by Crippen LogP contribution is 2.55. The number of ketones is 1. The fraction of sp³-hybridized carbons (Fsp3) is 0.833. The van der Waals surface area contributed by atoms with E-state index in [1.165, 1.54) is 5.57 Å². The average molecular weight is 294 g/mol. The lowest BCUT2D eigenvalue weighted by atomic mass is 9.63. The molecule has 0 heterocycles. The number of hydrogen-bond donors (Lipinski definition) is 2. The Morgan fingerprint density at radius 3 is 2.81 bits per heavy atom. The highest BCUT2D eigenvalue weighted by atomic mass is 16.3. The van der Waals surface area contributed by atoms with Crippen LogP contribution in [-0.2, 0) is 4.79 Å². The lowest BCUT2D eigenvalue weighted by Crippen LogP contribution is -2.39. The Morgan fingerprint density at radius 1 is 1.52 bits per heavy atom. The number of carbonyl (C=O) groups is 1. The zero-order valence-electron chi connectivity index (χ0n) is 13.9. The number of carbonyl (C=O) groups excluding carboxylic acids is 1. The van der Waals surface area contributed by atoms with Crippen molar-refractivity contribution in [3.63, 3.8) is 0 Å². The summed E-state index contributed by atoms with van der Waals surface area (Å²) in [5, 5.41) is 20.0. The third-order valence-electron chi connectivity index (χ3n) is 5.75. The van der Waals surface area contributed by atoms with Crippen molar-refractivity contribution in [1.82, 2.24) is 0 Å². The summed E-state index contributed by atoms with van der Waals surface area (Å²) in [5.74, 6) is 0.614. The summed E-state index contributed by atoms with van der Waals surface area (Å²) in [6.45, 7) is 7.58. The van der Waals surface area contributed by atoms with Gasteiger partial charge in [0.25, 0.3) is 0 Å². The standard InChI is InChI=1S/C18H30O3/c1-12(7-10-16(20)17(2,3)21)13-8-9-14-15(19)6-5-11-18(13,14)4/h8,12,14-15,19,21H,5-7,9-11H2,1-4H3/t12-,14+,15+,18-/m1/s1. The lowest BCUT2D eigenvalue weighted by molar-refractivity contribution is -0.134. The van der Waals surface area contributed by atoms with Crippen molar-refractivity contribution in [2.45, 2.75) is 77.9 Å². The van der Waals surface area contributed by atoms with Crippen LogP contribution in [0.4, 0.5) is 0 Å². The minimum absolute atomic E-state index is 0.0849. The molecule has 1 saturated carbocycles. The minimum atomic E-state index is -1.22. The fourth-order valence-corrected chi connectivity index (χ4v) is 4.33. The van der Waals surface area contributed by atoms with Crippen LogP contribution < -0.4 is 0 Å². The van der Waals surface area contributed by atoms with Gasteiger partial charge in [-0.1, -0.05) is 25.5 Å². The second-order valence-electron chi connectivity index (χ2n) is 7.80. The normalized spacial score (nSPS) is 34.3. The maximum Gasteiger partial charge on any atom is 0.163 e. The van der Waals surface area contributed by atoms with Crippen molar-refractivity contribution < 1.29 is 15.0 Å². The first kappa shape index (κ1) is 16.7. The summed E-state index contributed by atoms with van der Waals surface area (Å²) in [6.07, 6.45) is 7.45. The van der Waals surface area contributed by atoms with Crippen LogP contribution >= 0.6 is 0 Å². The molecule has 3 nitrogen and oxygen atoms in total. The minimum Gasteiger partial charge on any atom is -0.393 e. The second kappa shape index (κ2) is 5.85. The first-order chi connectivity index (χ1) is 9.66. The van der Waals surface area contributed by atoms with Crippen LogP contribution in [0.3, 0.4) is 0 Å². The van der Waals surface area contributed by atoms with Crippen LogP contribution in [0, 0.1) is 17.3 Å². The van der Waals surface area contributed by atoms with Crippen LogP contribution in [0.25, 0.3) is 0 Å². The molecular weight excluding hydrogens is 264 g/mol. The van der Waals surface area contributed by atoms with Crippen molar-refractivity contribution in [3.8, 4) is 0 Å². The Hall–Kier alpha value is -0.670. The summed E-state index contributed by atoms with van der Waals surface area (Å²) in [6, 6.07) is 0. The molecule has 1 fully saturated rings. The van der Waals surface area contributed by atoms with Crippen molar-refractivity contribution >= 4 is 5.78 Å². The third-order valence-corrected chi connectivity index (χ3v) is 5.75. The van der Waals surface area contributed by atoms with Crippen LogP contribution in [0.5, 0.6) is 0 Å². The summed E-state index contributed by atoms with van der Waals surface area (Å²) in [4.78, 5) is 11.9. The number of aliphatic hydroxyl groups is 2. The smallest absolute Gasteiger partial charge is 0.163 e. The van der Waals surface area contributed by atoms with Gasteiger partial charge >= 0.3 is 0 Å². The monoisotopic (exact) mass is 294 g/mol. The number of allylic oxidation sites excluding steroid dienone is 2. The van der Waals surface area contributed by atoms with Crippen molar-refractivity contribution in [2.24, 2.45) is 17.3 Å². The van der Waals surface area contributed by atoms with Crippen molar-refractivity contribution in [3.05, 3.63) is 11.6 Å². The van der Waals surface area contributed by atoms with E-state index in [1.807, 2.05) is 0 Å². The quantitative estimate of drug-likeness (QED) is 0.765. The molecule has 3 heteroatoms. The van der Waals surface area contributed by atoms with E-state index >= 15 is 0 Å². The Labute approximate surface area is 128 Å². The Balaban J connectivity index is 2.00. The molecule has 0 saturated heterocycles. The Morgan fingerprint density at radius 2 is 2.19 bits per heavy atom. The molecule has 21 heavy (non-hydrogen) atoms. The van der Waals surface area contributed by atoms with Gasteiger partial charge < -0.3 is 10.2 Å². The molecule has 0 amide bonds. The van der Waals surface area contributed by atoms with E-state index in [-0.39, 0.29) is 17.3 Å². The van der Waals surface area contributed by atoms with Gasteiger partial charge in [0.05, 0.1) is 6.10 Å². The fourth-order valence-electron chi connectivity index (χ4n) is 4.33. The summed E-state index contributed by atoms with van der Waals surface area (Å²) >= 11 is 0. The molecule has 2 aliphatic carbocycles. The van der Waals surface area contributed by atoms with Gasteiger partial charge in [-0.05, 0) is 63.2 Å². The van der Waals surface area contributed by atoms with Crippen LogP contribution in [0.2, 0.25) is 0 Å². The third kappa shape index (κ3) is 3.24. The SMILES string of the molecule is C[C@H](CCC(=O)C(C)(C)O)C1=CC[C@H]2[C@@H](O)CCC[C@]12C. The number of aliphatic hydroxyl groups excluding tert-OH is 1. The maximum absolute atomic E-state index is 11.9. The van der Waals surface area contributed by atoms with E-state index in [0.717, 1.165) is 32.1 Å². The van der Waals surface area contributed by atoms with Gasteiger partial charge in [-0.3, -0.25) is 4.79 Å². The maximum atomic E-state index is 11.9. The Kier molecular flexibility index (Phi) is 4.65. The van der Waals surface area contributed by atoms with Crippen molar-refractivity contribution in [2.75, 3.05) is 0 Å². The molecule has 0 aromatic carbocycles. The molecule has 0 aromatic heterocycles. The van der Waals surface area contributed by atoms with Gasteiger partial charge in [-0.2, -0.15) is 0 Å². The summed E-state index contributed by atoms with van der Waals surface area (Å²) in [7, 11) is 0. The predicted octanol–water partition coefficient (Wildman–Crippen LogP) is 3.24. The molecular formula is C18H30O3. The summed E-state index contributed by atoms with van der Waals surface area (Å²) < 4.78 is 0. The largest absolute Gasteiger partial charge is 0.393 e. The van der Waals surface area contributed by atoms with Gasteiger partial charge in [0.15, 0.2) is 5.78 Å². The second-order valence-corrected chi connectivity index (χ2v) is 7.80. The lowest BCUT2D eigenvalue weighted by Gasteiger charge is -2.43.